The number of aryl methyl sites for hydroxylation is 1. The minimum atomic E-state index is -3.99. The molecule has 34 heavy (non-hydrogen) atoms. The summed E-state index contributed by atoms with van der Waals surface area (Å²) in [5, 5.41) is 2.81. The number of carbonyl (C=O) groups excluding carboxylic acids is 1. The van der Waals surface area contributed by atoms with Crippen molar-refractivity contribution in [2.75, 3.05) is 24.1 Å². The zero-order valence-electron chi connectivity index (χ0n) is 19.7. The molecule has 0 saturated heterocycles. The second-order valence-electron chi connectivity index (χ2n) is 7.61. The molecule has 0 aliphatic heterocycles. The van der Waals surface area contributed by atoms with Crippen molar-refractivity contribution in [3.8, 4) is 11.5 Å². The number of carbonyl (C=O) groups is 1. The third kappa shape index (κ3) is 6.51. The molecule has 0 unspecified atom stereocenters. The van der Waals surface area contributed by atoms with Gasteiger partial charge >= 0.3 is 0 Å². The number of nitrogens with zero attached hydrogens (tertiary/aromatic N) is 1. The number of hydrogen-bond acceptors (Lipinski definition) is 5. The molecule has 3 rings (SSSR count). The van der Waals surface area contributed by atoms with Crippen LogP contribution in [-0.2, 0) is 21.4 Å². The van der Waals surface area contributed by atoms with Crippen molar-refractivity contribution in [3.63, 3.8) is 0 Å². The van der Waals surface area contributed by atoms with Crippen LogP contribution in [0.2, 0.25) is 0 Å². The molecule has 0 heterocycles. The summed E-state index contributed by atoms with van der Waals surface area (Å²) in [6.45, 7) is 6.67. The number of benzene rings is 3. The van der Waals surface area contributed by atoms with Gasteiger partial charge in [0.2, 0.25) is 5.91 Å². The molecule has 1 amide bonds. The van der Waals surface area contributed by atoms with Crippen LogP contribution < -0.4 is 19.1 Å². The van der Waals surface area contributed by atoms with Crippen molar-refractivity contribution in [1.82, 2.24) is 5.32 Å². The average molecular weight is 483 g/mol. The van der Waals surface area contributed by atoms with Crippen LogP contribution in [0, 0.1) is 6.92 Å². The number of hydrogen-bond donors (Lipinski definition) is 1. The van der Waals surface area contributed by atoms with Gasteiger partial charge in [0.05, 0.1) is 23.8 Å². The van der Waals surface area contributed by atoms with Crippen LogP contribution in [0.3, 0.4) is 0 Å². The Labute approximate surface area is 201 Å². The maximum atomic E-state index is 13.5. The Morgan fingerprint density at radius 1 is 0.824 bits per heavy atom. The highest BCUT2D eigenvalue weighted by Gasteiger charge is 2.27. The van der Waals surface area contributed by atoms with Crippen molar-refractivity contribution in [2.45, 2.75) is 32.2 Å². The lowest BCUT2D eigenvalue weighted by molar-refractivity contribution is -0.119. The number of ether oxygens (including phenoxy) is 2. The van der Waals surface area contributed by atoms with E-state index in [1.165, 1.54) is 12.1 Å². The van der Waals surface area contributed by atoms with E-state index in [1.54, 1.807) is 24.3 Å². The fraction of sp³-hybridized carbons (Fsp3) is 0.269. The molecule has 0 spiro atoms. The molecule has 0 radical (unpaired) electrons. The van der Waals surface area contributed by atoms with E-state index in [1.807, 2.05) is 57.2 Å². The van der Waals surface area contributed by atoms with Gasteiger partial charge in [-0.05, 0) is 74.9 Å². The van der Waals surface area contributed by atoms with Crippen molar-refractivity contribution >= 4 is 21.6 Å². The molecule has 180 valence electrons. The summed E-state index contributed by atoms with van der Waals surface area (Å²) in [5.41, 5.74) is 2.28. The molecule has 7 nitrogen and oxygen atoms in total. The second kappa shape index (κ2) is 11.6. The lowest BCUT2D eigenvalue weighted by atomic mass is 10.2. The molecule has 0 atom stereocenters. The third-order valence-corrected chi connectivity index (χ3v) is 6.84. The Hall–Kier alpha value is -3.52. The van der Waals surface area contributed by atoms with Crippen LogP contribution in [0.5, 0.6) is 11.5 Å². The zero-order valence-corrected chi connectivity index (χ0v) is 20.5. The summed E-state index contributed by atoms with van der Waals surface area (Å²) in [6, 6.07) is 20.6. The highest BCUT2D eigenvalue weighted by atomic mass is 32.2. The van der Waals surface area contributed by atoms with Crippen LogP contribution in [0.1, 0.15) is 25.0 Å². The largest absolute Gasteiger partial charge is 0.494 e. The normalized spacial score (nSPS) is 11.0. The van der Waals surface area contributed by atoms with Gasteiger partial charge in [-0.1, -0.05) is 29.8 Å². The monoisotopic (exact) mass is 482 g/mol. The minimum Gasteiger partial charge on any atom is -0.494 e. The third-order valence-electron chi connectivity index (χ3n) is 5.06. The predicted octanol–water partition coefficient (Wildman–Crippen LogP) is 4.30. The lowest BCUT2D eigenvalue weighted by Crippen LogP contribution is -2.40. The summed E-state index contributed by atoms with van der Waals surface area (Å²) in [5.74, 6) is 0.921. The van der Waals surface area contributed by atoms with Crippen molar-refractivity contribution in [1.29, 1.82) is 0 Å². The molecule has 0 aliphatic rings. The van der Waals surface area contributed by atoms with Gasteiger partial charge in [0, 0.05) is 6.54 Å². The van der Waals surface area contributed by atoms with E-state index < -0.39 is 15.9 Å². The fourth-order valence-corrected chi connectivity index (χ4v) is 4.71. The van der Waals surface area contributed by atoms with E-state index in [0.717, 1.165) is 21.2 Å². The van der Waals surface area contributed by atoms with Crippen LogP contribution in [0.4, 0.5) is 5.69 Å². The summed E-state index contributed by atoms with van der Waals surface area (Å²) in [6.07, 6.45) is 0. The van der Waals surface area contributed by atoms with Gasteiger partial charge < -0.3 is 14.8 Å². The summed E-state index contributed by atoms with van der Waals surface area (Å²) in [7, 11) is -3.99. The summed E-state index contributed by atoms with van der Waals surface area (Å²) < 4.78 is 38.9. The van der Waals surface area contributed by atoms with Gasteiger partial charge in [0.25, 0.3) is 10.0 Å². The minimum absolute atomic E-state index is 0.0795. The highest BCUT2D eigenvalue weighted by molar-refractivity contribution is 7.92. The number of nitrogens with one attached hydrogen (secondary N) is 1. The van der Waals surface area contributed by atoms with E-state index in [4.69, 9.17) is 9.47 Å². The maximum absolute atomic E-state index is 13.5. The Bertz CT molecular complexity index is 1180. The first-order valence-corrected chi connectivity index (χ1v) is 12.6. The van der Waals surface area contributed by atoms with E-state index in [2.05, 4.69) is 5.32 Å². The van der Waals surface area contributed by atoms with E-state index in [0.29, 0.717) is 24.7 Å². The average Bonchev–Trinajstić information content (AvgIpc) is 2.83. The Morgan fingerprint density at radius 3 is 1.88 bits per heavy atom. The standard InChI is InChI=1S/C26H30N2O5S/c1-4-32-23-12-8-21(9-13-23)18-27-26(29)19-28(22-10-6-20(3)7-11-22)34(30,31)25-16-14-24(15-17-25)33-5-2/h6-17H,4-5,18-19H2,1-3H3,(H,27,29). The van der Waals surface area contributed by atoms with Gasteiger partial charge in [0.1, 0.15) is 18.0 Å². The molecule has 0 bridgehead atoms. The molecule has 3 aromatic carbocycles. The van der Waals surface area contributed by atoms with Crippen LogP contribution >= 0.6 is 0 Å². The van der Waals surface area contributed by atoms with Crippen molar-refractivity contribution in [3.05, 3.63) is 83.9 Å². The smallest absolute Gasteiger partial charge is 0.264 e. The van der Waals surface area contributed by atoms with E-state index in [-0.39, 0.29) is 18.0 Å². The predicted molar refractivity (Wildman–Crippen MR) is 133 cm³/mol. The molecular formula is C26H30N2O5S. The maximum Gasteiger partial charge on any atom is 0.264 e. The van der Waals surface area contributed by atoms with Crippen LogP contribution in [0.25, 0.3) is 0 Å². The first kappa shape index (κ1) is 25.1. The summed E-state index contributed by atoms with van der Waals surface area (Å²) in [4.78, 5) is 12.9. The zero-order chi connectivity index (χ0) is 24.6. The Morgan fingerprint density at radius 2 is 1.35 bits per heavy atom. The number of rotatable bonds is 11. The van der Waals surface area contributed by atoms with Gasteiger partial charge in [-0.15, -0.1) is 0 Å². The molecule has 0 aromatic heterocycles. The Balaban J connectivity index is 1.78. The van der Waals surface area contributed by atoms with Crippen LogP contribution in [0.15, 0.2) is 77.7 Å². The molecule has 3 aromatic rings. The highest BCUT2D eigenvalue weighted by Crippen LogP contribution is 2.25. The van der Waals surface area contributed by atoms with Gasteiger partial charge in [-0.2, -0.15) is 0 Å². The SMILES string of the molecule is CCOc1ccc(CNC(=O)CN(c2ccc(C)cc2)S(=O)(=O)c2ccc(OCC)cc2)cc1. The first-order valence-electron chi connectivity index (χ1n) is 11.1. The number of amides is 1. The summed E-state index contributed by atoms with van der Waals surface area (Å²) >= 11 is 0. The Kier molecular flexibility index (Phi) is 8.54. The molecule has 0 fully saturated rings. The lowest BCUT2D eigenvalue weighted by Gasteiger charge is -2.24. The van der Waals surface area contributed by atoms with Crippen LogP contribution in [-0.4, -0.2) is 34.1 Å². The quantitative estimate of drug-likeness (QED) is 0.440. The van der Waals surface area contributed by atoms with Gasteiger partial charge in [-0.25, -0.2) is 8.42 Å². The molecule has 1 N–H and O–H groups in total. The van der Waals surface area contributed by atoms with Gasteiger partial charge in [0.15, 0.2) is 0 Å². The first-order chi connectivity index (χ1) is 16.3. The number of sulfonamides is 1. The topological polar surface area (TPSA) is 84.9 Å². The molecule has 0 saturated carbocycles. The fourth-order valence-electron chi connectivity index (χ4n) is 3.28. The van der Waals surface area contributed by atoms with Crippen molar-refractivity contribution in [2.24, 2.45) is 0 Å². The molecule has 8 heteroatoms. The molecule has 0 aliphatic carbocycles. The van der Waals surface area contributed by atoms with Crippen molar-refractivity contribution < 1.29 is 22.7 Å². The van der Waals surface area contributed by atoms with Gasteiger partial charge in [-0.3, -0.25) is 9.10 Å². The van der Waals surface area contributed by atoms with E-state index >= 15 is 0 Å². The van der Waals surface area contributed by atoms with E-state index in [9.17, 15) is 13.2 Å². The second-order valence-corrected chi connectivity index (χ2v) is 9.47. The molecular weight excluding hydrogens is 452 g/mol. The number of anilines is 1.